The maximum absolute atomic E-state index is 12.3. The fourth-order valence-electron chi connectivity index (χ4n) is 4.41. The van der Waals surface area contributed by atoms with Crippen molar-refractivity contribution in [2.45, 2.75) is 44.9 Å². The van der Waals surface area contributed by atoms with Crippen molar-refractivity contribution < 1.29 is 4.79 Å². The van der Waals surface area contributed by atoms with E-state index in [-0.39, 0.29) is 11.5 Å². The normalized spacial score (nSPS) is 15.3. The second-order valence-corrected chi connectivity index (χ2v) is 7.66. The lowest BCUT2D eigenvalue weighted by Gasteiger charge is -2.20. The molecule has 1 saturated carbocycles. The van der Waals surface area contributed by atoms with Crippen LogP contribution in [0.5, 0.6) is 0 Å². The molecule has 2 N–H and O–H groups in total. The Morgan fingerprint density at radius 2 is 1.89 bits per heavy atom. The van der Waals surface area contributed by atoms with Gasteiger partial charge >= 0.3 is 0 Å². The van der Waals surface area contributed by atoms with Gasteiger partial charge in [0.25, 0.3) is 5.56 Å². The van der Waals surface area contributed by atoms with Crippen LogP contribution < -0.4 is 10.9 Å². The van der Waals surface area contributed by atoms with E-state index in [0.717, 1.165) is 22.6 Å². The number of nitrogens with one attached hydrogen (secondary N) is 2. The molecule has 3 aromatic rings. The first-order chi connectivity index (χ1) is 13.2. The van der Waals surface area contributed by atoms with Crippen LogP contribution in [0.1, 0.15) is 44.1 Å². The zero-order chi connectivity index (χ0) is 18.6. The van der Waals surface area contributed by atoms with E-state index in [9.17, 15) is 9.59 Å². The Labute approximate surface area is 159 Å². The summed E-state index contributed by atoms with van der Waals surface area (Å²) in [6, 6.07) is 12.0. The third-order valence-corrected chi connectivity index (χ3v) is 5.80. The van der Waals surface area contributed by atoms with Crippen LogP contribution in [-0.4, -0.2) is 17.4 Å². The largest absolute Gasteiger partial charge is 0.356 e. The van der Waals surface area contributed by atoms with Crippen LogP contribution in [0.4, 0.5) is 0 Å². The van der Waals surface area contributed by atoms with E-state index in [0.29, 0.717) is 24.3 Å². The lowest BCUT2D eigenvalue weighted by molar-refractivity contribution is -0.122. The Morgan fingerprint density at radius 3 is 2.74 bits per heavy atom. The van der Waals surface area contributed by atoms with Gasteiger partial charge in [0.2, 0.25) is 5.91 Å². The molecule has 4 heteroatoms. The summed E-state index contributed by atoms with van der Waals surface area (Å²) in [7, 11) is 0. The molecule has 0 bridgehead atoms. The third kappa shape index (κ3) is 3.90. The molecule has 0 saturated heterocycles. The second-order valence-electron chi connectivity index (χ2n) is 7.66. The van der Waals surface area contributed by atoms with E-state index < -0.39 is 0 Å². The van der Waals surface area contributed by atoms with Crippen LogP contribution in [0.25, 0.3) is 21.5 Å². The zero-order valence-electron chi connectivity index (χ0n) is 15.6. The molecule has 1 heterocycles. The Balaban J connectivity index is 1.49. The molecule has 0 aliphatic heterocycles. The zero-order valence-corrected chi connectivity index (χ0v) is 15.6. The highest BCUT2D eigenvalue weighted by atomic mass is 16.1. The van der Waals surface area contributed by atoms with Crippen LogP contribution in [0.3, 0.4) is 0 Å². The summed E-state index contributed by atoms with van der Waals surface area (Å²) in [5.74, 6) is 0.732. The van der Waals surface area contributed by atoms with Crippen LogP contribution in [0, 0.1) is 5.92 Å². The van der Waals surface area contributed by atoms with E-state index in [2.05, 4.69) is 22.4 Å². The highest BCUT2D eigenvalue weighted by Crippen LogP contribution is 2.27. The van der Waals surface area contributed by atoms with Crippen LogP contribution >= 0.6 is 0 Å². The fraction of sp³-hybridized carbons (Fsp3) is 0.391. The highest BCUT2D eigenvalue weighted by molar-refractivity contribution is 6.08. The molecule has 0 atom stereocenters. The van der Waals surface area contributed by atoms with Crippen molar-refractivity contribution in [2.24, 2.45) is 5.92 Å². The van der Waals surface area contributed by atoms with Crippen molar-refractivity contribution in [2.75, 3.05) is 6.54 Å². The second kappa shape index (κ2) is 7.95. The summed E-state index contributed by atoms with van der Waals surface area (Å²) in [5, 5.41) is 7.01. The molecule has 140 valence electrons. The van der Waals surface area contributed by atoms with Crippen molar-refractivity contribution in [3.05, 3.63) is 58.5 Å². The standard InChI is InChI=1S/C23H26N2O2/c26-21(15-16-5-2-1-3-6-16)24-13-11-18-8-4-7-17-9-10-20-19(22(17)18)12-14-25-23(20)27/h4,7-10,12,14,16H,1-3,5-6,11,13,15H2,(H,24,26)(H,25,27). The maximum atomic E-state index is 12.3. The van der Waals surface area contributed by atoms with Gasteiger partial charge in [0.1, 0.15) is 0 Å². The summed E-state index contributed by atoms with van der Waals surface area (Å²) in [5.41, 5.74) is 1.10. The quantitative estimate of drug-likeness (QED) is 0.664. The molecule has 1 aromatic heterocycles. The van der Waals surface area contributed by atoms with Gasteiger partial charge in [-0.05, 0) is 59.0 Å². The fourth-order valence-corrected chi connectivity index (χ4v) is 4.41. The topological polar surface area (TPSA) is 62.0 Å². The first-order valence-electron chi connectivity index (χ1n) is 10.0. The first-order valence-corrected chi connectivity index (χ1v) is 10.0. The Morgan fingerprint density at radius 1 is 1.04 bits per heavy atom. The molecule has 0 radical (unpaired) electrons. The predicted octanol–water partition coefficient (Wildman–Crippen LogP) is 4.31. The molecule has 1 amide bonds. The number of fused-ring (bicyclic) bond motifs is 3. The summed E-state index contributed by atoms with van der Waals surface area (Å²) >= 11 is 0. The van der Waals surface area contributed by atoms with Crippen LogP contribution in [0.15, 0.2) is 47.4 Å². The maximum Gasteiger partial charge on any atom is 0.255 e. The summed E-state index contributed by atoms with van der Waals surface area (Å²) < 4.78 is 0. The molecule has 1 fully saturated rings. The SMILES string of the molecule is O=C(CC1CCCCC1)NCCc1cccc2ccc3c(=O)[nH]ccc3c12. The van der Waals surface area contributed by atoms with Gasteiger partial charge < -0.3 is 10.3 Å². The first kappa shape index (κ1) is 17.8. The van der Waals surface area contributed by atoms with Crippen LogP contribution in [-0.2, 0) is 11.2 Å². The van der Waals surface area contributed by atoms with Gasteiger partial charge in [-0.3, -0.25) is 9.59 Å². The predicted molar refractivity (Wildman–Crippen MR) is 110 cm³/mol. The van der Waals surface area contributed by atoms with Gasteiger partial charge in [-0.15, -0.1) is 0 Å². The number of carbonyl (C=O) groups is 1. The summed E-state index contributed by atoms with van der Waals surface area (Å²) in [4.78, 5) is 27.1. The Hall–Kier alpha value is -2.62. The number of hydrogen-bond acceptors (Lipinski definition) is 2. The number of carbonyl (C=O) groups excluding carboxylic acids is 1. The number of hydrogen-bond donors (Lipinski definition) is 2. The van der Waals surface area contributed by atoms with Crippen molar-refractivity contribution in [1.29, 1.82) is 0 Å². The molecular weight excluding hydrogens is 336 g/mol. The van der Waals surface area contributed by atoms with E-state index in [1.807, 2.05) is 24.3 Å². The highest BCUT2D eigenvalue weighted by Gasteiger charge is 2.16. The van der Waals surface area contributed by atoms with Gasteiger partial charge in [-0.2, -0.15) is 0 Å². The molecular formula is C23H26N2O2. The minimum Gasteiger partial charge on any atom is -0.356 e. The summed E-state index contributed by atoms with van der Waals surface area (Å²) in [6.07, 6.45) is 9.35. The minimum atomic E-state index is -0.0648. The van der Waals surface area contributed by atoms with Crippen molar-refractivity contribution in [1.82, 2.24) is 10.3 Å². The number of amides is 1. The summed E-state index contributed by atoms with van der Waals surface area (Å²) in [6.45, 7) is 0.629. The minimum absolute atomic E-state index is 0.0648. The lowest BCUT2D eigenvalue weighted by Crippen LogP contribution is -2.28. The van der Waals surface area contributed by atoms with Gasteiger partial charge in [-0.25, -0.2) is 0 Å². The van der Waals surface area contributed by atoms with Crippen LogP contribution in [0.2, 0.25) is 0 Å². The molecule has 0 spiro atoms. The average Bonchev–Trinajstić information content (AvgIpc) is 2.69. The Bertz CT molecular complexity index is 1020. The van der Waals surface area contributed by atoms with E-state index in [1.54, 1.807) is 6.20 Å². The number of aromatic nitrogens is 1. The number of pyridine rings is 1. The molecule has 1 aliphatic carbocycles. The van der Waals surface area contributed by atoms with E-state index in [4.69, 9.17) is 0 Å². The molecule has 0 unspecified atom stereocenters. The van der Waals surface area contributed by atoms with E-state index >= 15 is 0 Å². The molecule has 2 aromatic carbocycles. The number of rotatable bonds is 5. The molecule has 4 nitrogen and oxygen atoms in total. The Kier molecular flexibility index (Phi) is 5.23. The molecule has 27 heavy (non-hydrogen) atoms. The number of H-pyrrole nitrogens is 1. The third-order valence-electron chi connectivity index (χ3n) is 5.80. The average molecular weight is 362 g/mol. The smallest absolute Gasteiger partial charge is 0.255 e. The van der Waals surface area contributed by atoms with Crippen molar-refractivity contribution in [3.63, 3.8) is 0 Å². The number of benzene rings is 2. The lowest BCUT2D eigenvalue weighted by atomic mass is 9.87. The van der Waals surface area contributed by atoms with Gasteiger partial charge in [0, 0.05) is 24.5 Å². The van der Waals surface area contributed by atoms with Crippen molar-refractivity contribution >= 4 is 27.5 Å². The van der Waals surface area contributed by atoms with Gasteiger partial charge in [-0.1, -0.05) is 43.5 Å². The van der Waals surface area contributed by atoms with E-state index in [1.165, 1.54) is 37.7 Å². The molecule has 4 rings (SSSR count). The number of aromatic amines is 1. The monoisotopic (exact) mass is 362 g/mol. The van der Waals surface area contributed by atoms with Gasteiger partial charge in [0.15, 0.2) is 0 Å². The van der Waals surface area contributed by atoms with Gasteiger partial charge in [0.05, 0.1) is 0 Å². The molecule has 1 aliphatic rings. The van der Waals surface area contributed by atoms with Crippen molar-refractivity contribution in [3.8, 4) is 0 Å².